The normalized spacial score (nSPS) is 18.8. The first-order valence-corrected chi connectivity index (χ1v) is 7.05. The Morgan fingerprint density at radius 2 is 2.00 bits per heavy atom. The fourth-order valence-electron chi connectivity index (χ4n) is 2.51. The number of carbonyl (C=O) groups is 1. The van der Waals surface area contributed by atoms with Gasteiger partial charge in [0, 0.05) is 24.5 Å². The maximum atomic E-state index is 11.8. The van der Waals surface area contributed by atoms with Crippen molar-refractivity contribution in [3.05, 3.63) is 35.4 Å². The zero-order chi connectivity index (χ0) is 13.9. The lowest BCUT2D eigenvalue weighted by Crippen LogP contribution is -2.42. The van der Waals surface area contributed by atoms with Crippen LogP contribution in [0.2, 0.25) is 0 Å². The molecule has 0 radical (unpaired) electrons. The molecule has 2 N–H and O–H groups in total. The van der Waals surface area contributed by atoms with Crippen LogP contribution in [0.3, 0.4) is 0 Å². The molecular formula is C16H24N2O. The Morgan fingerprint density at radius 1 is 1.32 bits per heavy atom. The molecule has 1 aliphatic rings. The minimum absolute atomic E-state index is 0.135. The molecule has 1 aromatic rings. The van der Waals surface area contributed by atoms with E-state index in [0.717, 1.165) is 19.4 Å². The zero-order valence-electron chi connectivity index (χ0n) is 12.1. The van der Waals surface area contributed by atoms with Gasteiger partial charge in [-0.3, -0.25) is 4.79 Å². The molecule has 1 atom stereocenters. The second-order valence-electron chi connectivity index (χ2n) is 6.39. The van der Waals surface area contributed by atoms with Crippen LogP contribution in [0.1, 0.15) is 44.7 Å². The molecule has 104 valence electrons. The van der Waals surface area contributed by atoms with Crippen LogP contribution in [0.5, 0.6) is 0 Å². The van der Waals surface area contributed by atoms with Gasteiger partial charge in [0.2, 0.25) is 5.91 Å². The summed E-state index contributed by atoms with van der Waals surface area (Å²) in [5.41, 5.74) is 2.67. The molecule has 0 fully saturated rings. The summed E-state index contributed by atoms with van der Waals surface area (Å²) in [4.78, 5) is 11.8. The maximum absolute atomic E-state index is 11.8. The van der Waals surface area contributed by atoms with Gasteiger partial charge in [-0.05, 0) is 44.7 Å². The molecule has 0 bridgehead atoms. The van der Waals surface area contributed by atoms with E-state index < -0.39 is 0 Å². The van der Waals surface area contributed by atoms with E-state index in [2.05, 4.69) is 34.9 Å². The van der Waals surface area contributed by atoms with Crippen LogP contribution in [0.15, 0.2) is 24.3 Å². The van der Waals surface area contributed by atoms with Crippen LogP contribution in [0, 0.1) is 0 Å². The first-order chi connectivity index (χ1) is 8.94. The van der Waals surface area contributed by atoms with E-state index in [1.165, 1.54) is 11.1 Å². The van der Waals surface area contributed by atoms with Crippen molar-refractivity contribution in [1.82, 2.24) is 10.6 Å². The summed E-state index contributed by atoms with van der Waals surface area (Å²) >= 11 is 0. The lowest BCUT2D eigenvalue weighted by atomic mass is 9.93. The van der Waals surface area contributed by atoms with Gasteiger partial charge in [0.05, 0.1) is 0 Å². The average molecular weight is 260 g/mol. The highest BCUT2D eigenvalue weighted by atomic mass is 16.1. The molecule has 1 aliphatic heterocycles. The van der Waals surface area contributed by atoms with E-state index in [9.17, 15) is 4.79 Å². The predicted molar refractivity (Wildman–Crippen MR) is 77.9 cm³/mol. The summed E-state index contributed by atoms with van der Waals surface area (Å²) < 4.78 is 0. The third-order valence-corrected chi connectivity index (χ3v) is 3.40. The Hall–Kier alpha value is -1.35. The maximum Gasteiger partial charge on any atom is 0.220 e. The minimum Gasteiger partial charge on any atom is -0.352 e. The smallest absolute Gasteiger partial charge is 0.220 e. The monoisotopic (exact) mass is 260 g/mol. The number of carbonyl (C=O) groups excluding carboxylic acids is 1. The van der Waals surface area contributed by atoms with Crippen molar-refractivity contribution in [3.63, 3.8) is 0 Å². The topological polar surface area (TPSA) is 41.1 Å². The molecule has 0 spiro atoms. The molecule has 1 heterocycles. The van der Waals surface area contributed by atoms with Crippen LogP contribution < -0.4 is 10.6 Å². The van der Waals surface area contributed by atoms with Gasteiger partial charge in [-0.2, -0.15) is 0 Å². The summed E-state index contributed by atoms with van der Waals surface area (Å²) in [6, 6.07) is 8.95. The van der Waals surface area contributed by atoms with Gasteiger partial charge in [0.15, 0.2) is 0 Å². The number of fused-ring (bicyclic) bond motifs is 1. The number of amides is 1. The van der Waals surface area contributed by atoms with Crippen LogP contribution in [-0.2, 0) is 17.8 Å². The van der Waals surface area contributed by atoms with Crippen molar-refractivity contribution in [2.45, 2.75) is 58.2 Å². The van der Waals surface area contributed by atoms with Gasteiger partial charge in [-0.15, -0.1) is 0 Å². The van der Waals surface area contributed by atoms with Crippen molar-refractivity contribution in [2.75, 3.05) is 0 Å². The first kappa shape index (κ1) is 14.1. The van der Waals surface area contributed by atoms with E-state index >= 15 is 0 Å². The summed E-state index contributed by atoms with van der Waals surface area (Å²) in [7, 11) is 0. The van der Waals surface area contributed by atoms with Crippen molar-refractivity contribution in [1.29, 1.82) is 0 Å². The highest BCUT2D eigenvalue weighted by Crippen LogP contribution is 2.18. The highest BCUT2D eigenvalue weighted by Gasteiger charge is 2.19. The summed E-state index contributed by atoms with van der Waals surface area (Å²) in [5, 5.41) is 6.52. The molecule has 0 aliphatic carbocycles. The number of hydrogen-bond acceptors (Lipinski definition) is 2. The summed E-state index contributed by atoms with van der Waals surface area (Å²) in [5.74, 6) is 0.146. The van der Waals surface area contributed by atoms with Crippen LogP contribution in [0.25, 0.3) is 0 Å². The second-order valence-corrected chi connectivity index (χ2v) is 6.39. The van der Waals surface area contributed by atoms with Crippen LogP contribution in [-0.4, -0.2) is 17.5 Å². The average Bonchev–Trinajstić information content (AvgIpc) is 2.34. The van der Waals surface area contributed by atoms with Gasteiger partial charge < -0.3 is 10.6 Å². The Morgan fingerprint density at radius 3 is 2.68 bits per heavy atom. The molecule has 1 aromatic carbocycles. The Bertz CT molecular complexity index is 448. The van der Waals surface area contributed by atoms with Gasteiger partial charge in [-0.25, -0.2) is 0 Å². The first-order valence-electron chi connectivity index (χ1n) is 7.05. The molecule has 0 saturated carbocycles. The van der Waals surface area contributed by atoms with Crippen molar-refractivity contribution in [3.8, 4) is 0 Å². The Kier molecular flexibility index (Phi) is 4.25. The zero-order valence-corrected chi connectivity index (χ0v) is 12.1. The molecule has 19 heavy (non-hydrogen) atoms. The SMILES string of the molecule is CC(C)(C)NC(=O)CCC1Cc2ccccc2CN1. The molecule has 1 unspecified atom stereocenters. The van der Waals surface area contributed by atoms with Gasteiger partial charge in [-0.1, -0.05) is 24.3 Å². The number of hydrogen-bond donors (Lipinski definition) is 2. The van der Waals surface area contributed by atoms with E-state index in [-0.39, 0.29) is 11.4 Å². The second kappa shape index (κ2) is 5.74. The highest BCUT2D eigenvalue weighted by molar-refractivity contribution is 5.76. The predicted octanol–water partition coefficient (Wildman–Crippen LogP) is 2.40. The van der Waals surface area contributed by atoms with Crippen molar-refractivity contribution < 1.29 is 4.79 Å². The van der Waals surface area contributed by atoms with Gasteiger partial charge in [0.25, 0.3) is 0 Å². The minimum atomic E-state index is -0.135. The van der Waals surface area contributed by atoms with Crippen LogP contribution in [0.4, 0.5) is 0 Å². The Labute approximate surface area is 115 Å². The molecule has 2 rings (SSSR count). The number of rotatable bonds is 3. The van der Waals surface area contributed by atoms with Gasteiger partial charge in [0.1, 0.15) is 0 Å². The van der Waals surface area contributed by atoms with E-state index in [1.54, 1.807) is 0 Å². The van der Waals surface area contributed by atoms with E-state index in [4.69, 9.17) is 0 Å². The molecule has 3 nitrogen and oxygen atoms in total. The fourth-order valence-corrected chi connectivity index (χ4v) is 2.51. The lowest BCUT2D eigenvalue weighted by molar-refractivity contribution is -0.122. The molecule has 0 aromatic heterocycles. The molecular weight excluding hydrogens is 236 g/mol. The molecule has 3 heteroatoms. The third-order valence-electron chi connectivity index (χ3n) is 3.40. The van der Waals surface area contributed by atoms with E-state index in [0.29, 0.717) is 12.5 Å². The Balaban J connectivity index is 1.81. The van der Waals surface area contributed by atoms with Gasteiger partial charge >= 0.3 is 0 Å². The standard InChI is InChI=1S/C16H24N2O/c1-16(2,3)18-15(19)9-8-14-10-12-6-4-5-7-13(12)11-17-14/h4-7,14,17H,8-11H2,1-3H3,(H,18,19). The quantitative estimate of drug-likeness (QED) is 0.876. The summed E-state index contributed by atoms with van der Waals surface area (Å²) in [6.45, 7) is 6.96. The van der Waals surface area contributed by atoms with E-state index in [1.807, 2.05) is 20.8 Å². The largest absolute Gasteiger partial charge is 0.352 e. The van der Waals surface area contributed by atoms with Crippen molar-refractivity contribution >= 4 is 5.91 Å². The summed E-state index contributed by atoms with van der Waals surface area (Å²) in [6.07, 6.45) is 2.52. The molecule has 0 saturated heterocycles. The van der Waals surface area contributed by atoms with Crippen molar-refractivity contribution in [2.24, 2.45) is 0 Å². The van der Waals surface area contributed by atoms with Crippen LogP contribution >= 0.6 is 0 Å². The third kappa shape index (κ3) is 4.35. The fraction of sp³-hybridized carbons (Fsp3) is 0.562. The molecule has 1 amide bonds. The number of nitrogens with one attached hydrogen (secondary N) is 2. The lowest BCUT2D eigenvalue weighted by Gasteiger charge is -2.27. The number of benzene rings is 1.